The highest BCUT2D eigenvalue weighted by Crippen LogP contribution is 2.41. The van der Waals surface area contributed by atoms with E-state index in [0.717, 1.165) is 42.4 Å². The zero-order chi connectivity index (χ0) is 37.9. The number of halogens is 1. The van der Waals surface area contributed by atoms with Gasteiger partial charge in [0.25, 0.3) is 5.56 Å². The van der Waals surface area contributed by atoms with Crippen LogP contribution >= 0.6 is 12.4 Å². The van der Waals surface area contributed by atoms with E-state index < -0.39 is 19.6 Å². The number of aryl methyl sites for hydroxylation is 1. The second-order valence-corrected chi connectivity index (χ2v) is 19.8. The van der Waals surface area contributed by atoms with Gasteiger partial charge in [-0.15, -0.1) is 12.4 Å². The van der Waals surface area contributed by atoms with Crippen molar-refractivity contribution in [3.63, 3.8) is 0 Å². The standard InChI is InChI=1S/C44H46N4O6Si.ClH/c1-3-33-34-25-30(15-16-38(34)45-40-35(33)27-48-39(40)26-37-36(41(48)49)28-53-42(50)44(37,52)4-2)54-43(51)47-19-17-29(18-20-47)46-21-23-55(24-22-46,31-11-7-5-8-12-31)32-13-9-6-10-14-32;/h5-16,25-26,29,52H,3-4,17-24,27-28H2,1-2H3;1H. The molecule has 5 aromatic rings. The summed E-state index contributed by atoms with van der Waals surface area (Å²) in [6.45, 7) is 7.38. The van der Waals surface area contributed by atoms with Crippen molar-refractivity contribution in [2.75, 3.05) is 26.2 Å². The molecule has 3 aromatic carbocycles. The smallest absolute Gasteiger partial charge is 0.415 e. The molecule has 2 fully saturated rings. The number of esters is 1. The number of hydrogen-bond acceptors (Lipinski definition) is 8. The number of likely N-dealkylation sites (tertiary alicyclic amines) is 1. The molecule has 0 spiro atoms. The molecule has 9 rings (SSSR count). The lowest BCUT2D eigenvalue weighted by Crippen LogP contribution is -2.64. The Morgan fingerprint density at radius 1 is 0.911 bits per heavy atom. The van der Waals surface area contributed by atoms with Crippen molar-refractivity contribution in [3.05, 3.63) is 118 Å². The van der Waals surface area contributed by atoms with Crippen molar-refractivity contribution in [1.82, 2.24) is 19.4 Å². The van der Waals surface area contributed by atoms with Crippen LogP contribution in [0.3, 0.4) is 0 Å². The topological polar surface area (TPSA) is 114 Å². The van der Waals surface area contributed by atoms with Gasteiger partial charge in [-0.05, 0) is 80.7 Å². The van der Waals surface area contributed by atoms with Gasteiger partial charge in [0, 0.05) is 35.6 Å². The quantitative estimate of drug-likeness (QED) is 0.171. The largest absolute Gasteiger partial charge is 0.458 e. The average Bonchev–Trinajstić information content (AvgIpc) is 3.60. The molecule has 2 aromatic heterocycles. The van der Waals surface area contributed by atoms with Crippen molar-refractivity contribution in [1.29, 1.82) is 0 Å². The summed E-state index contributed by atoms with van der Waals surface area (Å²) in [5, 5.41) is 15.2. The monoisotopic (exact) mass is 790 g/mol. The van der Waals surface area contributed by atoms with Crippen LogP contribution in [-0.4, -0.2) is 76.8 Å². The summed E-state index contributed by atoms with van der Waals surface area (Å²) < 4.78 is 12.9. The molecule has 56 heavy (non-hydrogen) atoms. The molecule has 290 valence electrons. The number of nitrogens with zero attached hydrogens (tertiary/aromatic N) is 4. The van der Waals surface area contributed by atoms with Crippen LogP contribution in [-0.2, 0) is 34.7 Å². The number of amides is 1. The highest BCUT2D eigenvalue weighted by atomic mass is 35.5. The van der Waals surface area contributed by atoms with Crippen molar-refractivity contribution in [2.45, 2.75) is 76.4 Å². The van der Waals surface area contributed by atoms with Crippen LogP contribution in [0.4, 0.5) is 4.79 Å². The van der Waals surface area contributed by atoms with Gasteiger partial charge in [0.1, 0.15) is 20.4 Å². The van der Waals surface area contributed by atoms with Gasteiger partial charge in [0.05, 0.1) is 29.0 Å². The fourth-order valence-corrected chi connectivity index (χ4v) is 14.5. The molecule has 10 nitrogen and oxygen atoms in total. The van der Waals surface area contributed by atoms with Gasteiger partial charge in [-0.2, -0.15) is 0 Å². The van der Waals surface area contributed by atoms with Gasteiger partial charge < -0.3 is 28.9 Å². The molecule has 0 bridgehead atoms. The molecule has 12 heteroatoms. The first-order valence-electron chi connectivity index (χ1n) is 19.7. The Hall–Kier alpha value is -4.81. The lowest BCUT2D eigenvalue weighted by atomic mass is 9.86. The van der Waals surface area contributed by atoms with Crippen molar-refractivity contribution in [3.8, 4) is 17.1 Å². The van der Waals surface area contributed by atoms with E-state index >= 15 is 0 Å². The van der Waals surface area contributed by atoms with Crippen molar-refractivity contribution in [2.24, 2.45) is 0 Å². The Morgan fingerprint density at radius 2 is 1.57 bits per heavy atom. The van der Waals surface area contributed by atoms with Crippen LogP contribution in [0.15, 0.2) is 89.7 Å². The molecular weight excluding hydrogens is 744 g/mol. The van der Waals surface area contributed by atoms with Crippen molar-refractivity contribution >= 4 is 53.8 Å². The highest BCUT2D eigenvalue weighted by Gasteiger charge is 2.46. The van der Waals surface area contributed by atoms with Crippen LogP contribution in [0.25, 0.3) is 22.3 Å². The van der Waals surface area contributed by atoms with Crippen LogP contribution in [0.1, 0.15) is 55.4 Å². The Balaban J connectivity index is 0.00000441. The number of rotatable bonds is 6. The summed E-state index contributed by atoms with van der Waals surface area (Å²) in [6.07, 6.45) is 2.27. The Labute approximate surface area is 333 Å². The predicted molar refractivity (Wildman–Crippen MR) is 221 cm³/mol. The minimum atomic E-state index is -1.88. The summed E-state index contributed by atoms with van der Waals surface area (Å²) in [4.78, 5) is 49.3. The van der Waals surface area contributed by atoms with Crippen LogP contribution in [0.2, 0.25) is 12.1 Å². The Morgan fingerprint density at radius 3 is 2.20 bits per heavy atom. The Kier molecular flexibility index (Phi) is 10.2. The summed E-state index contributed by atoms with van der Waals surface area (Å²) in [5.74, 6) is -0.281. The molecule has 4 aliphatic rings. The van der Waals surface area contributed by atoms with E-state index in [0.29, 0.717) is 65.9 Å². The fourth-order valence-electron chi connectivity index (χ4n) is 9.72. The van der Waals surface area contributed by atoms with Crippen LogP contribution in [0.5, 0.6) is 5.75 Å². The second-order valence-electron chi connectivity index (χ2n) is 15.5. The maximum atomic E-state index is 13.7. The van der Waals surface area contributed by atoms with Crippen LogP contribution in [0, 0.1) is 0 Å². The second kappa shape index (κ2) is 14.9. The number of fused-ring (bicyclic) bond motifs is 5. The Bertz CT molecular complexity index is 2330. The van der Waals surface area contributed by atoms with Crippen molar-refractivity contribution < 1.29 is 24.2 Å². The molecule has 2 saturated heterocycles. The number of aliphatic hydroxyl groups is 1. The number of carbonyl (C=O) groups excluding carboxylic acids is 2. The van der Waals surface area contributed by atoms with Gasteiger partial charge in [-0.3, -0.25) is 4.79 Å². The van der Waals surface area contributed by atoms with Gasteiger partial charge in [-0.25, -0.2) is 14.6 Å². The average molecular weight is 791 g/mol. The molecule has 0 aliphatic carbocycles. The lowest BCUT2D eigenvalue weighted by molar-refractivity contribution is -0.172. The highest BCUT2D eigenvalue weighted by molar-refractivity contribution is 7.02. The zero-order valence-corrected chi connectivity index (χ0v) is 33.6. The lowest BCUT2D eigenvalue weighted by Gasteiger charge is -2.45. The molecule has 1 atom stereocenters. The first-order valence-corrected chi connectivity index (χ1v) is 22.1. The first kappa shape index (κ1) is 38.1. The summed E-state index contributed by atoms with van der Waals surface area (Å²) in [7, 11) is -1.85. The third kappa shape index (κ3) is 6.16. The number of aromatic nitrogens is 2. The third-order valence-electron chi connectivity index (χ3n) is 12.9. The van der Waals surface area contributed by atoms with E-state index in [2.05, 4.69) is 72.5 Å². The minimum absolute atomic E-state index is 0. The number of piperidine rings is 1. The van der Waals surface area contributed by atoms with Gasteiger partial charge in [-0.1, -0.05) is 84.9 Å². The number of ether oxygens (including phenoxy) is 2. The van der Waals surface area contributed by atoms with E-state index in [9.17, 15) is 19.5 Å². The fraction of sp³-hybridized carbons (Fsp3) is 0.364. The third-order valence-corrected chi connectivity index (χ3v) is 17.9. The van der Waals surface area contributed by atoms with Crippen LogP contribution < -0.4 is 20.7 Å². The van der Waals surface area contributed by atoms with E-state index in [1.165, 1.54) is 22.5 Å². The molecule has 0 radical (unpaired) electrons. The molecule has 0 saturated carbocycles. The summed E-state index contributed by atoms with van der Waals surface area (Å²) >= 11 is 0. The SMILES string of the molecule is CCc1c2c(nc3ccc(OC(=O)N4CCC(N5CC[Si](c6ccccc6)(c6ccccc6)CC5)CC4)cc13)-c1cc3c(c(=O)n1C2)COC(=O)C3(O)CC.Cl. The maximum Gasteiger partial charge on any atom is 0.415 e. The summed E-state index contributed by atoms with van der Waals surface area (Å²) in [5.41, 5.74) is 2.32. The molecular formula is C44H47ClN4O6Si. The maximum absolute atomic E-state index is 13.7. The number of carbonyl (C=O) groups is 2. The zero-order valence-electron chi connectivity index (χ0n) is 31.8. The van der Waals surface area contributed by atoms with E-state index in [1.54, 1.807) is 23.6 Å². The van der Waals surface area contributed by atoms with Gasteiger partial charge >= 0.3 is 12.1 Å². The van der Waals surface area contributed by atoms with Gasteiger partial charge in [0.15, 0.2) is 5.60 Å². The molecule has 1 N–H and O–H groups in total. The first-order chi connectivity index (χ1) is 26.7. The van der Waals surface area contributed by atoms with E-state index in [1.807, 2.05) is 17.0 Å². The number of hydrogen-bond donors (Lipinski definition) is 1. The predicted octanol–water partition coefficient (Wildman–Crippen LogP) is 5.61. The van der Waals surface area contributed by atoms with E-state index in [4.69, 9.17) is 14.5 Å². The molecule has 1 unspecified atom stereocenters. The normalized spacial score (nSPS) is 20.4. The minimum Gasteiger partial charge on any atom is -0.458 e. The number of pyridine rings is 2. The number of cyclic esters (lactones) is 1. The number of benzene rings is 3. The molecule has 6 heterocycles. The molecule has 4 aliphatic heterocycles. The van der Waals surface area contributed by atoms with E-state index in [-0.39, 0.29) is 37.1 Å². The van der Waals surface area contributed by atoms with Gasteiger partial charge in [0.2, 0.25) is 0 Å². The summed E-state index contributed by atoms with van der Waals surface area (Å²) in [6, 6.07) is 32.4. The molecule has 1 amide bonds.